The number of nitrogens with zero attached hydrogens (tertiary/aromatic N) is 3. The van der Waals surface area contributed by atoms with Gasteiger partial charge in [0, 0.05) is 41.7 Å². The lowest BCUT2D eigenvalue weighted by Gasteiger charge is -2.30. The molecule has 3 fully saturated rings. The van der Waals surface area contributed by atoms with E-state index in [1.807, 2.05) is 24.3 Å². The molecule has 1 aliphatic heterocycles. The Labute approximate surface area is 233 Å². The lowest BCUT2D eigenvalue weighted by Crippen LogP contribution is -2.42. The van der Waals surface area contributed by atoms with Crippen molar-refractivity contribution in [3.63, 3.8) is 0 Å². The molecule has 2 aliphatic carbocycles. The predicted molar refractivity (Wildman–Crippen MR) is 149 cm³/mol. The van der Waals surface area contributed by atoms with Crippen LogP contribution in [-0.4, -0.2) is 49.4 Å². The second-order valence-corrected chi connectivity index (χ2v) is 13.4. The Morgan fingerprint density at radius 3 is 2.48 bits per heavy atom. The first-order valence-corrected chi connectivity index (χ1v) is 15.6. The molecule has 0 radical (unpaired) electrons. The van der Waals surface area contributed by atoms with Crippen molar-refractivity contribution >= 4 is 21.4 Å². The largest absolute Gasteiger partial charge is 0.440 e. The number of carbonyl (C=O) groups excluding carboxylic acids is 1. The number of hydrogen-bond acceptors (Lipinski definition) is 7. The highest BCUT2D eigenvalue weighted by Gasteiger charge is 2.47. The molecule has 2 aromatic carbocycles. The van der Waals surface area contributed by atoms with Crippen LogP contribution in [0, 0.1) is 23.1 Å². The standard InChI is InChI=1S/C30H31FN4O4S/c31-22-5-3-4-21(18-22)29-33-26(20-8-10-23(11-9-20)35-14-16-40(37,38)17-15-35)27(39-29)24-6-1-2-7-25(24)28(36)34-30(19-32)12-13-30/h3-5,8-11,18,24-25H,1-2,6-7,12-17H2,(H,34,36). The molecule has 1 N–H and O–H groups in total. The van der Waals surface area contributed by atoms with Crippen molar-refractivity contribution in [1.82, 2.24) is 10.3 Å². The lowest BCUT2D eigenvalue weighted by molar-refractivity contribution is -0.127. The maximum absolute atomic E-state index is 14.1. The van der Waals surface area contributed by atoms with Crippen molar-refractivity contribution < 1.29 is 22.0 Å². The average molecular weight is 563 g/mol. The number of hydrogen-bond donors (Lipinski definition) is 1. The maximum atomic E-state index is 14.1. The number of oxazole rings is 1. The first-order valence-electron chi connectivity index (χ1n) is 13.8. The molecule has 40 heavy (non-hydrogen) atoms. The van der Waals surface area contributed by atoms with E-state index in [-0.39, 0.29) is 35.1 Å². The molecule has 1 aromatic heterocycles. The van der Waals surface area contributed by atoms with Gasteiger partial charge >= 0.3 is 0 Å². The zero-order chi connectivity index (χ0) is 27.9. The van der Waals surface area contributed by atoms with E-state index < -0.39 is 21.2 Å². The number of halogens is 1. The summed E-state index contributed by atoms with van der Waals surface area (Å²) in [6.07, 6.45) is 4.60. The zero-order valence-corrected chi connectivity index (χ0v) is 22.9. The third-order valence-electron chi connectivity index (χ3n) is 8.34. The van der Waals surface area contributed by atoms with E-state index in [1.54, 1.807) is 12.1 Å². The van der Waals surface area contributed by atoms with Crippen LogP contribution in [0.5, 0.6) is 0 Å². The molecule has 6 rings (SSSR count). The quantitative estimate of drug-likeness (QED) is 0.458. The molecule has 2 atom stereocenters. The van der Waals surface area contributed by atoms with Crippen LogP contribution >= 0.6 is 0 Å². The summed E-state index contributed by atoms with van der Waals surface area (Å²) in [6.45, 7) is 0.896. The van der Waals surface area contributed by atoms with Crippen molar-refractivity contribution in [2.75, 3.05) is 29.5 Å². The summed E-state index contributed by atoms with van der Waals surface area (Å²) < 4.78 is 44.2. The molecular formula is C30H31FN4O4S. The minimum atomic E-state index is -2.98. The topological polar surface area (TPSA) is 116 Å². The van der Waals surface area contributed by atoms with Crippen molar-refractivity contribution in [2.45, 2.75) is 50.0 Å². The number of nitrogens with one attached hydrogen (secondary N) is 1. The summed E-state index contributed by atoms with van der Waals surface area (Å²) in [5.74, 6) is 0.0327. The molecule has 10 heteroatoms. The van der Waals surface area contributed by atoms with E-state index in [1.165, 1.54) is 12.1 Å². The highest BCUT2D eigenvalue weighted by atomic mass is 32.2. The molecule has 0 bridgehead atoms. The van der Waals surface area contributed by atoms with E-state index in [4.69, 9.17) is 9.40 Å². The van der Waals surface area contributed by atoms with E-state index in [9.17, 15) is 22.9 Å². The van der Waals surface area contributed by atoms with Gasteiger partial charge in [0.15, 0.2) is 9.84 Å². The number of sulfone groups is 1. The second-order valence-electron chi connectivity index (χ2n) is 11.1. The van der Waals surface area contributed by atoms with Crippen LogP contribution in [0.2, 0.25) is 0 Å². The van der Waals surface area contributed by atoms with Gasteiger partial charge in [-0.2, -0.15) is 5.26 Å². The first-order chi connectivity index (χ1) is 19.3. The molecule has 2 unspecified atom stereocenters. The van der Waals surface area contributed by atoms with Crippen LogP contribution in [0.15, 0.2) is 52.9 Å². The average Bonchev–Trinajstić information content (AvgIpc) is 3.59. The lowest BCUT2D eigenvalue weighted by atomic mass is 9.76. The number of amides is 1. The highest BCUT2D eigenvalue weighted by Crippen LogP contribution is 2.45. The summed E-state index contributed by atoms with van der Waals surface area (Å²) in [6, 6.07) is 16.1. The predicted octanol–water partition coefficient (Wildman–Crippen LogP) is 4.83. The van der Waals surface area contributed by atoms with Crippen LogP contribution in [0.1, 0.15) is 50.2 Å². The van der Waals surface area contributed by atoms with Gasteiger partial charge in [0.1, 0.15) is 22.8 Å². The summed E-state index contributed by atoms with van der Waals surface area (Å²) in [5, 5.41) is 12.5. The number of aromatic nitrogens is 1. The molecule has 3 aliphatic rings. The number of carbonyl (C=O) groups is 1. The van der Waals surface area contributed by atoms with Crippen LogP contribution in [0.25, 0.3) is 22.7 Å². The Morgan fingerprint density at radius 2 is 1.80 bits per heavy atom. The van der Waals surface area contributed by atoms with Crippen LogP contribution in [-0.2, 0) is 14.6 Å². The normalized spacial score (nSPS) is 23.2. The summed E-state index contributed by atoms with van der Waals surface area (Å²) in [4.78, 5) is 20.3. The molecule has 3 aromatic rings. The van der Waals surface area contributed by atoms with Crippen molar-refractivity contribution in [3.05, 3.63) is 60.1 Å². The number of rotatable bonds is 6. The van der Waals surface area contributed by atoms with E-state index in [0.717, 1.165) is 30.5 Å². The summed E-state index contributed by atoms with van der Waals surface area (Å²) >= 11 is 0. The fourth-order valence-electron chi connectivity index (χ4n) is 5.81. The van der Waals surface area contributed by atoms with Gasteiger partial charge in [-0.3, -0.25) is 4.79 Å². The third-order valence-corrected chi connectivity index (χ3v) is 9.95. The molecule has 1 saturated heterocycles. The first kappa shape index (κ1) is 26.5. The molecule has 2 heterocycles. The van der Waals surface area contributed by atoms with E-state index in [0.29, 0.717) is 49.4 Å². The van der Waals surface area contributed by atoms with Gasteiger partial charge in [0.25, 0.3) is 0 Å². The molecular weight excluding hydrogens is 531 g/mol. The maximum Gasteiger partial charge on any atom is 0.226 e. The molecule has 2 saturated carbocycles. The van der Waals surface area contributed by atoms with Crippen molar-refractivity contribution in [3.8, 4) is 28.8 Å². The number of anilines is 1. The van der Waals surface area contributed by atoms with Crippen LogP contribution in [0.3, 0.4) is 0 Å². The molecule has 0 spiro atoms. The SMILES string of the molecule is N#CC1(NC(=O)C2CCCCC2c2oc(-c3cccc(F)c3)nc2-c2ccc(N3CCS(=O)(=O)CC3)cc2)CC1. The zero-order valence-electron chi connectivity index (χ0n) is 22.1. The van der Waals surface area contributed by atoms with Gasteiger partial charge in [-0.15, -0.1) is 0 Å². The Kier molecular flexibility index (Phi) is 6.87. The van der Waals surface area contributed by atoms with Crippen LogP contribution in [0.4, 0.5) is 10.1 Å². The monoisotopic (exact) mass is 562 g/mol. The Morgan fingerprint density at radius 1 is 1.07 bits per heavy atom. The molecule has 1 amide bonds. The van der Waals surface area contributed by atoms with Gasteiger partial charge in [0.2, 0.25) is 11.8 Å². The van der Waals surface area contributed by atoms with Crippen LogP contribution < -0.4 is 10.2 Å². The van der Waals surface area contributed by atoms with Crippen molar-refractivity contribution in [2.24, 2.45) is 5.92 Å². The molecule has 8 nitrogen and oxygen atoms in total. The smallest absolute Gasteiger partial charge is 0.226 e. The summed E-state index contributed by atoms with van der Waals surface area (Å²) in [5.41, 5.74) is 2.10. The van der Waals surface area contributed by atoms with Gasteiger partial charge in [-0.05, 0) is 56.0 Å². The minimum absolute atomic E-state index is 0.131. The Bertz CT molecular complexity index is 1560. The Balaban J connectivity index is 1.35. The fourth-order valence-corrected chi connectivity index (χ4v) is 7.01. The minimum Gasteiger partial charge on any atom is -0.440 e. The van der Waals surface area contributed by atoms with Gasteiger partial charge in [-0.25, -0.2) is 17.8 Å². The van der Waals surface area contributed by atoms with Gasteiger partial charge in [0.05, 0.1) is 17.6 Å². The number of nitriles is 1. The van der Waals surface area contributed by atoms with E-state index in [2.05, 4.69) is 16.3 Å². The Hall–Kier alpha value is -3.71. The van der Waals surface area contributed by atoms with Crippen molar-refractivity contribution in [1.29, 1.82) is 5.26 Å². The van der Waals surface area contributed by atoms with Gasteiger partial charge < -0.3 is 14.6 Å². The summed E-state index contributed by atoms with van der Waals surface area (Å²) in [7, 11) is -2.98. The molecule has 208 valence electrons. The third kappa shape index (κ3) is 5.35. The van der Waals surface area contributed by atoms with E-state index >= 15 is 0 Å². The second kappa shape index (κ2) is 10.4. The highest BCUT2D eigenvalue weighted by molar-refractivity contribution is 7.91. The van der Waals surface area contributed by atoms with Gasteiger partial charge in [-0.1, -0.05) is 31.0 Å². The fraction of sp³-hybridized carbons (Fsp3) is 0.433. The number of benzene rings is 2.